The van der Waals surface area contributed by atoms with Crippen LogP contribution in [-0.2, 0) is 48.4 Å². The Kier molecular flexibility index (Phi) is 10.9. The third kappa shape index (κ3) is 8.49. The zero-order valence-electron chi connectivity index (χ0n) is 31.9. The smallest absolute Gasteiger partial charge is 0.371 e. The largest absolute Gasteiger partial charge is 0.416 e. The van der Waals surface area contributed by atoms with E-state index in [-0.39, 0.29) is 13.2 Å². The first-order chi connectivity index (χ1) is 27.6. The summed E-state index contributed by atoms with van der Waals surface area (Å²) in [5.74, 6) is 0.797. The molecule has 0 atom stereocenters. The summed E-state index contributed by atoms with van der Waals surface area (Å²) in [5.41, 5.74) is 7.11. The molecule has 1 aliphatic carbocycles. The molecule has 2 aliphatic rings. The molecule has 1 aliphatic heterocycles. The van der Waals surface area contributed by atoms with Crippen LogP contribution in [0, 0.1) is 13.8 Å². The zero-order valence-corrected chi connectivity index (χ0v) is 31.9. The maximum Gasteiger partial charge on any atom is 0.416 e. The van der Waals surface area contributed by atoms with Crippen LogP contribution in [0.5, 0.6) is 0 Å². The Morgan fingerprint density at radius 2 is 1.53 bits per heavy atom. The molecule has 6 aromatic rings. The molecule has 0 fully saturated rings. The number of amides is 1. The molecule has 0 saturated heterocycles. The fraction of sp³-hybridized carbons (Fsp3) is 0.233. The zero-order chi connectivity index (χ0) is 41.4. The van der Waals surface area contributed by atoms with Crippen LogP contribution in [0.15, 0.2) is 91.3 Å². The maximum atomic E-state index is 13.3. The third-order valence-corrected chi connectivity index (χ3v) is 9.80. The van der Waals surface area contributed by atoms with Crippen molar-refractivity contribution in [2.45, 2.75) is 45.6 Å². The van der Waals surface area contributed by atoms with Gasteiger partial charge in [0, 0.05) is 50.1 Å². The number of carbonyl (C=O) groups is 1. The van der Waals surface area contributed by atoms with E-state index >= 15 is 0 Å². The van der Waals surface area contributed by atoms with Gasteiger partial charge in [0.05, 0.1) is 29.8 Å². The number of aryl methyl sites for hydroxylation is 3. The van der Waals surface area contributed by atoms with Crippen LogP contribution in [0.4, 0.5) is 43.5 Å². The molecule has 0 spiro atoms. The first-order valence-electron chi connectivity index (χ1n) is 18.2. The molecule has 15 heteroatoms. The van der Waals surface area contributed by atoms with E-state index in [1.807, 2.05) is 61.9 Å². The van der Waals surface area contributed by atoms with Crippen LogP contribution < -0.4 is 10.6 Å². The molecular weight excluding hydrogens is 761 g/mol. The average molecular weight is 799 g/mol. The predicted octanol–water partition coefficient (Wildman–Crippen LogP) is 9.30. The van der Waals surface area contributed by atoms with E-state index in [1.54, 1.807) is 42.2 Å². The Labute approximate surface area is 329 Å². The van der Waals surface area contributed by atoms with Gasteiger partial charge in [-0.2, -0.15) is 30.9 Å². The van der Waals surface area contributed by atoms with Crippen LogP contribution in [0.2, 0.25) is 0 Å². The number of hydrogen-bond acceptors (Lipinski definition) is 6. The summed E-state index contributed by atoms with van der Waals surface area (Å²) >= 11 is 0. The summed E-state index contributed by atoms with van der Waals surface area (Å²) < 4.78 is 87.8. The first kappa shape index (κ1) is 39.9. The molecule has 0 saturated carbocycles. The Hall–Kier alpha value is -6.35. The van der Waals surface area contributed by atoms with E-state index in [0.29, 0.717) is 47.1 Å². The number of rotatable bonds is 8. The van der Waals surface area contributed by atoms with Gasteiger partial charge in [-0.05, 0) is 84.1 Å². The number of anilines is 2. The van der Waals surface area contributed by atoms with Crippen LogP contribution in [-0.4, -0.2) is 49.5 Å². The number of benzene rings is 3. The second-order valence-corrected chi connectivity index (χ2v) is 14.1. The number of aromatic nitrogens is 4. The molecule has 0 bridgehead atoms. The SMILES string of the molecule is CNc1ncc(C)cc1NC(=O)C1=[N+](COCc2ccccc2)c2ccc(C(F)(F)F)cc2C1.Cc1cnc2c(c1)nc(C1=Cc3cc(C(F)(F)F)ccc3C1)n2C. The topological polar surface area (TPSA) is 97.0 Å². The number of hydrogen-bond donors (Lipinski definition) is 2. The normalized spacial score (nSPS) is 13.5. The Morgan fingerprint density at radius 3 is 2.26 bits per heavy atom. The van der Waals surface area contributed by atoms with Gasteiger partial charge < -0.3 is 19.9 Å². The van der Waals surface area contributed by atoms with E-state index in [1.165, 1.54) is 12.1 Å². The van der Waals surface area contributed by atoms with E-state index in [4.69, 9.17) is 4.74 Å². The van der Waals surface area contributed by atoms with Crippen LogP contribution >= 0.6 is 0 Å². The molecule has 3 aromatic carbocycles. The number of carbonyl (C=O) groups excluding carboxylic acids is 1. The lowest BCUT2D eigenvalue weighted by Gasteiger charge is -2.10. The molecular formula is C43H38F6N7O2+. The van der Waals surface area contributed by atoms with E-state index < -0.39 is 29.4 Å². The molecule has 9 nitrogen and oxygen atoms in total. The van der Waals surface area contributed by atoms with Crippen LogP contribution in [0.3, 0.4) is 0 Å². The number of imidazole rings is 1. The van der Waals surface area contributed by atoms with Gasteiger partial charge in [0.1, 0.15) is 17.2 Å². The summed E-state index contributed by atoms with van der Waals surface area (Å²) in [6, 6.07) is 20.6. The highest BCUT2D eigenvalue weighted by Crippen LogP contribution is 2.38. The van der Waals surface area contributed by atoms with Crippen molar-refractivity contribution >= 4 is 51.6 Å². The number of alkyl halides is 6. The lowest BCUT2D eigenvalue weighted by atomic mass is 10.1. The molecule has 298 valence electrons. The monoisotopic (exact) mass is 798 g/mol. The average Bonchev–Trinajstić information content (AvgIpc) is 3.87. The van der Waals surface area contributed by atoms with Gasteiger partial charge in [0.2, 0.25) is 5.69 Å². The van der Waals surface area contributed by atoms with Gasteiger partial charge >= 0.3 is 18.3 Å². The quantitative estimate of drug-likeness (QED) is 0.118. The highest BCUT2D eigenvalue weighted by atomic mass is 19.4. The van der Waals surface area contributed by atoms with E-state index in [2.05, 4.69) is 25.6 Å². The van der Waals surface area contributed by atoms with Gasteiger partial charge in [0.25, 0.3) is 12.4 Å². The number of halogens is 6. The maximum absolute atomic E-state index is 13.3. The van der Waals surface area contributed by atoms with Crippen molar-refractivity contribution < 1.29 is 40.4 Å². The van der Waals surface area contributed by atoms with Crippen molar-refractivity contribution in [2.24, 2.45) is 7.05 Å². The molecule has 4 heterocycles. The highest BCUT2D eigenvalue weighted by Gasteiger charge is 2.39. The number of pyridine rings is 2. The summed E-state index contributed by atoms with van der Waals surface area (Å²) in [7, 11) is 3.56. The van der Waals surface area contributed by atoms with Gasteiger partial charge in [-0.15, -0.1) is 0 Å². The lowest BCUT2D eigenvalue weighted by Crippen LogP contribution is -2.30. The second kappa shape index (κ2) is 15.9. The minimum absolute atomic E-state index is 0.0148. The van der Waals surface area contributed by atoms with Crippen LogP contribution in [0.1, 0.15) is 50.3 Å². The van der Waals surface area contributed by atoms with E-state index in [9.17, 15) is 31.1 Å². The van der Waals surface area contributed by atoms with Crippen molar-refractivity contribution in [2.75, 3.05) is 24.4 Å². The predicted molar refractivity (Wildman–Crippen MR) is 210 cm³/mol. The molecule has 0 unspecified atom stereocenters. The Morgan fingerprint density at radius 1 is 0.845 bits per heavy atom. The summed E-state index contributed by atoms with van der Waals surface area (Å²) in [4.78, 5) is 26.5. The molecule has 2 N–H and O–H groups in total. The van der Waals surface area contributed by atoms with Crippen molar-refractivity contribution in [1.82, 2.24) is 19.5 Å². The van der Waals surface area contributed by atoms with Gasteiger partial charge in [0.15, 0.2) is 5.65 Å². The molecule has 1 amide bonds. The fourth-order valence-electron chi connectivity index (χ4n) is 6.94. The summed E-state index contributed by atoms with van der Waals surface area (Å²) in [6.45, 7) is 4.11. The minimum Gasteiger partial charge on any atom is -0.371 e. The summed E-state index contributed by atoms with van der Waals surface area (Å²) in [5, 5.41) is 5.77. The minimum atomic E-state index is -4.47. The van der Waals surface area contributed by atoms with Gasteiger partial charge in [-0.25, -0.2) is 15.0 Å². The van der Waals surface area contributed by atoms with E-state index in [0.717, 1.165) is 63.0 Å². The molecule has 0 radical (unpaired) electrons. The fourth-order valence-corrected chi connectivity index (χ4v) is 6.94. The number of fused-ring (bicyclic) bond motifs is 3. The Balaban J connectivity index is 0.000000187. The first-order valence-corrected chi connectivity index (χ1v) is 18.2. The summed E-state index contributed by atoms with van der Waals surface area (Å²) in [6.07, 6.45) is -2.94. The van der Waals surface area contributed by atoms with Crippen molar-refractivity contribution in [3.63, 3.8) is 0 Å². The lowest BCUT2D eigenvalue weighted by molar-refractivity contribution is -0.489. The van der Waals surface area contributed by atoms with Crippen molar-refractivity contribution in [3.05, 3.63) is 142 Å². The molecule has 8 rings (SSSR count). The standard InChI is InChI=1S/C25H23F3N4O2.C18H14F3N3/c1-16-10-20(23(29-2)30-13-16)31-24(33)22-12-18-11-19(25(26,27)28)8-9-21(18)32(22)15-34-14-17-6-4-3-5-7-17;1-10-5-15-17(22-9-10)24(2)16(23-15)13-6-11-3-4-14(18(19,20)21)8-12(11)7-13/h3-11,13,33H,12,14-15H2,1-2H3;3-5,7-9H,6H2,1-2H3/p+1. The highest BCUT2D eigenvalue weighted by molar-refractivity contribution is 6.42. The van der Waals surface area contributed by atoms with Gasteiger partial charge in [-0.3, -0.25) is 4.79 Å². The van der Waals surface area contributed by atoms with Gasteiger partial charge in [-0.1, -0.05) is 36.4 Å². The number of ether oxygens (including phenoxy) is 1. The number of nitrogens with zero attached hydrogens (tertiary/aromatic N) is 5. The molecule has 3 aromatic heterocycles. The second-order valence-electron chi connectivity index (χ2n) is 14.1. The molecule has 58 heavy (non-hydrogen) atoms. The number of nitrogens with one attached hydrogen (secondary N) is 2. The van der Waals surface area contributed by atoms with Crippen LogP contribution in [0.25, 0.3) is 22.8 Å². The third-order valence-electron chi connectivity index (χ3n) is 9.80. The number of allylic oxidation sites excluding steroid dienone is 1. The Bertz CT molecular complexity index is 2600. The van der Waals surface area contributed by atoms with Crippen molar-refractivity contribution in [3.8, 4) is 0 Å². The van der Waals surface area contributed by atoms with Crippen molar-refractivity contribution in [1.29, 1.82) is 0 Å².